The first-order chi connectivity index (χ1) is 8.77. The van der Waals surface area contributed by atoms with Crippen molar-refractivity contribution in [3.8, 4) is 0 Å². The first-order valence-electron chi connectivity index (χ1n) is 6.69. The second-order valence-corrected chi connectivity index (χ2v) is 5.07. The van der Waals surface area contributed by atoms with Crippen molar-refractivity contribution < 1.29 is 4.79 Å². The van der Waals surface area contributed by atoms with E-state index >= 15 is 0 Å². The zero-order chi connectivity index (χ0) is 12.5. The molecule has 2 N–H and O–H groups in total. The van der Waals surface area contributed by atoms with Crippen molar-refractivity contribution >= 4 is 17.3 Å². The molecule has 0 aliphatic carbocycles. The van der Waals surface area contributed by atoms with Gasteiger partial charge >= 0.3 is 0 Å². The quantitative estimate of drug-likeness (QED) is 0.797. The molecule has 1 fully saturated rings. The molecule has 2 aliphatic heterocycles. The Morgan fingerprint density at radius 3 is 2.94 bits per heavy atom. The van der Waals surface area contributed by atoms with E-state index in [9.17, 15) is 4.79 Å². The summed E-state index contributed by atoms with van der Waals surface area (Å²) in [6.07, 6.45) is 2.24. The van der Waals surface area contributed by atoms with Crippen molar-refractivity contribution in [2.24, 2.45) is 0 Å². The maximum Gasteiger partial charge on any atom is 0.256 e. The van der Waals surface area contributed by atoms with Crippen molar-refractivity contribution in [3.63, 3.8) is 0 Å². The van der Waals surface area contributed by atoms with Gasteiger partial charge in [-0.15, -0.1) is 0 Å². The number of amides is 1. The Bertz CT molecular complexity index is 472. The highest BCUT2D eigenvalue weighted by atomic mass is 16.2. The van der Waals surface area contributed by atoms with Gasteiger partial charge in [0.15, 0.2) is 0 Å². The number of hydrogen-bond donors (Lipinski definition) is 2. The monoisotopic (exact) mass is 245 g/mol. The Kier molecular flexibility index (Phi) is 2.86. The third kappa shape index (κ3) is 1.82. The van der Waals surface area contributed by atoms with E-state index in [-0.39, 0.29) is 5.91 Å². The van der Waals surface area contributed by atoms with Gasteiger partial charge in [-0.25, -0.2) is 0 Å². The van der Waals surface area contributed by atoms with Crippen LogP contribution in [0.2, 0.25) is 0 Å². The average Bonchev–Trinajstić information content (AvgIpc) is 2.83. The predicted molar refractivity (Wildman–Crippen MR) is 73.2 cm³/mol. The van der Waals surface area contributed by atoms with Gasteiger partial charge in [-0.3, -0.25) is 4.79 Å². The van der Waals surface area contributed by atoms with Crippen molar-refractivity contribution in [2.75, 3.05) is 30.3 Å². The van der Waals surface area contributed by atoms with E-state index in [4.69, 9.17) is 0 Å². The van der Waals surface area contributed by atoms with Gasteiger partial charge in [0, 0.05) is 25.7 Å². The number of carbonyl (C=O) groups is 1. The van der Waals surface area contributed by atoms with E-state index in [1.807, 2.05) is 23.1 Å². The molecule has 2 heterocycles. The van der Waals surface area contributed by atoms with Gasteiger partial charge < -0.3 is 15.5 Å². The van der Waals surface area contributed by atoms with Crippen LogP contribution in [0.4, 0.5) is 11.4 Å². The number of nitrogens with zero attached hydrogens (tertiary/aromatic N) is 1. The molecule has 0 saturated carbocycles. The van der Waals surface area contributed by atoms with E-state index in [0.717, 1.165) is 49.4 Å². The summed E-state index contributed by atoms with van der Waals surface area (Å²) < 4.78 is 0. The topological polar surface area (TPSA) is 44.4 Å². The highest BCUT2D eigenvalue weighted by Gasteiger charge is 2.28. The van der Waals surface area contributed by atoms with E-state index < -0.39 is 0 Å². The summed E-state index contributed by atoms with van der Waals surface area (Å²) in [6, 6.07) is 6.26. The van der Waals surface area contributed by atoms with Crippen LogP contribution in [0.25, 0.3) is 0 Å². The summed E-state index contributed by atoms with van der Waals surface area (Å²) in [5.41, 5.74) is 2.81. The lowest BCUT2D eigenvalue weighted by atomic mass is 10.1. The molecular weight excluding hydrogens is 226 g/mol. The number of nitrogens with one attached hydrogen (secondary N) is 2. The van der Waals surface area contributed by atoms with Gasteiger partial charge in [-0.05, 0) is 31.9 Å². The SMILES string of the molecule is CC1CCCN1C(=O)c1cccc2c1NCCN2. The summed E-state index contributed by atoms with van der Waals surface area (Å²) in [4.78, 5) is 14.6. The maximum absolute atomic E-state index is 12.6. The van der Waals surface area contributed by atoms with Crippen LogP contribution in [-0.4, -0.2) is 36.5 Å². The molecule has 2 aliphatic rings. The third-order valence-electron chi connectivity index (χ3n) is 3.85. The van der Waals surface area contributed by atoms with Gasteiger partial charge in [-0.2, -0.15) is 0 Å². The molecule has 1 aromatic carbocycles. The van der Waals surface area contributed by atoms with E-state index in [1.54, 1.807) is 0 Å². The molecule has 96 valence electrons. The minimum absolute atomic E-state index is 0.160. The van der Waals surface area contributed by atoms with Gasteiger partial charge in [0.25, 0.3) is 5.91 Å². The largest absolute Gasteiger partial charge is 0.382 e. The Balaban J connectivity index is 1.94. The maximum atomic E-state index is 12.6. The average molecular weight is 245 g/mol. The van der Waals surface area contributed by atoms with Crippen LogP contribution in [0, 0.1) is 0 Å². The molecule has 0 aromatic heterocycles. The fraction of sp³-hybridized carbons (Fsp3) is 0.500. The van der Waals surface area contributed by atoms with Crippen LogP contribution < -0.4 is 10.6 Å². The van der Waals surface area contributed by atoms with Gasteiger partial charge in [-0.1, -0.05) is 6.07 Å². The Morgan fingerprint density at radius 2 is 2.17 bits per heavy atom. The zero-order valence-electron chi connectivity index (χ0n) is 10.7. The summed E-state index contributed by atoms with van der Waals surface area (Å²) in [7, 11) is 0. The molecule has 1 amide bonds. The van der Waals surface area contributed by atoms with Gasteiger partial charge in [0.1, 0.15) is 0 Å². The van der Waals surface area contributed by atoms with Gasteiger partial charge in [0.2, 0.25) is 0 Å². The van der Waals surface area contributed by atoms with Crippen molar-refractivity contribution in [2.45, 2.75) is 25.8 Å². The molecule has 1 atom stereocenters. The summed E-state index contributed by atoms with van der Waals surface area (Å²) in [5.74, 6) is 0.160. The second kappa shape index (κ2) is 4.52. The highest BCUT2D eigenvalue weighted by molar-refractivity contribution is 6.03. The number of likely N-dealkylation sites (tertiary alicyclic amines) is 1. The standard InChI is InChI=1S/C14H19N3O/c1-10-4-3-9-17(10)14(18)11-5-2-6-12-13(11)16-8-7-15-12/h2,5-6,10,15-16H,3-4,7-9H2,1H3. The van der Waals surface area contributed by atoms with Crippen molar-refractivity contribution in [1.29, 1.82) is 0 Å². The fourth-order valence-electron chi connectivity index (χ4n) is 2.84. The van der Waals surface area contributed by atoms with Crippen LogP contribution in [0.3, 0.4) is 0 Å². The number of carbonyl (C=O) groups excluding carboxylic acids is 1. The van der Waals surface area contributed by atoms with Crippen LogP contribution >= 0.6 is 0 Å². The lowest BCUT2D eigenvalue weighted by molar-refractivity contribution is 0.0748. The molecule has 4 nitrogen and oxygen atoms in total. The smallest absolute Gasteiger partial charge is 0.256 e. The molecule has 1 saturated heterocycles. The summed E-state index contributed by atoms with van der Waals surface area (Å²) >= 11 is 0. The molecule has 3 rings (SSSR count). The van der Waals surface area contributed by atoms with E-state index in [2.05, 4.69) is 17.6 Å². The number of anilines is 2. The van der Waals surface area contributed by atoms with Gasteiger partial charge in [0.05, 0.1) is 16.9 Å². The summed E-state index contributed by atoms with van der Waals surface area (Å²) in [5, 5.41) is 6.67. The second-order valence-electron chi connectivity index (χ2n) is 5.07. The Morgan fingerprint density at radius 1 is 1.33 bits per heavy atom. The molecule has 1 aromatic rings. The first kappa shape index (κ1) is 11.4. The van der Waals surface area contributed by atoms with Crippen molar-refractivity contribution in [3.05, 3.63) is 23.8 Å². The highest BCUT2D eigenvalue weighted by Crippen LogP contribution is 2.30. The molecule has 0 radical (unpaired) electrons. The molecule has 4 heteroatoms. The normalized spacial score (nSPS) is 22.1. The lowest BCUT2D eigenvalue weighted by Crippen LogP contribution is -2.34. The fourth-order valence-corrected chi connectivity index (χ4v) is 2.84. The summed E-state index contributed by atoms with van der Waals surface area (Å²) in [6.45, 7) is 4.79. The van der Waals surface area contributed by atoms with Crippen LogP contribution in [0.15, 0.2) is 18.2 Å². The van der Waals surface area contributed by atoms with Crippen molar-refractivity contribution in [1.82, 2.24) is 4.90 Å². The molecule has 0 spiro atoms. The minimum atomic E-state index is 0.160. The molecule has 1 unspecified atom stereocenters. The lowest BCUT2D eigenvalue weighted by Gasteiger charge is -2.26. The number of rotatable bonds is 1. The number of para-hydroxylation sites is 1. The molecular formula is C14H19N3O. The number of hydrogen-bond acceptors (Lipinski definition) is 3. The third-order valence-corrected chi connectivity index (χ3v) is 3.85. The number of fused-ring (bicyclic) bond motifs is 1. The van der Waals surface area contributed by atoms with Crippen LogP contribution in [0.5, 0.6) is 0 Å². The Labute approximate surface area is 107 Å². The van der Waals surface area contributed by atoms with Crippen LogP contribution in [-0.2, 0) is 0 Å². The minimum Gasteiger partial charge on any atom is -0.382 e. The first-order valence-corrected chi connectivity index (χ1v) is 6.69. The molecule has 18 heavy (non-hydrogen) atoms. The van der Waals surface area contributed by atoms with E-state index in [1.165, 1.54) is 0 Å². The number of benzene rings is 1. The van der Waals surface area contributed by atoms with Crippen LogP contribution in [0.1, 0.15) is 30.1 Å². The van der Waals surface area contributed by atoms with E-state index in [0.29, 0.717) is 6.04 Å². The predicted octanol–water partition coefficient (Wildman–Crippen LogP) is 2.15. The Hall–Kier alpha value is -1.71. The molecule has 0 bridgehead atoms. The zero-order valence-corrected chi connectivity index (χ0v) is 10.7.